The summed E-state index contributed by atoms with van der Waals surface area (Å²) in [6.07, 6.45) is 1.21. The summed E-state index contributed by atoms with van der Waals surface area (Å²) in [4.78, 5) is 18.4. The number of piperidine rings is 1. The largest absolute Gasteiger partial charge is 0.339 e. The number of para-hydroxylation sites is 1. The molecular formula is C20H21ClN4O4S2. The maximum Gasteiger partial charge on any atom is 0.244 e. The van der Waals surface area contributed by atoms with Crippen molar-refractivity contribution in [3.63, 3.8) is 0 Å². The van der Waals surface area contributed by atoms with E-state index < -0.39 is 15.9 Å². The van der Waals surface area contributed by atoms with E-state index in [1.165, 1.54) is 15.6 Å². The normalized spacial score (nSPS) is 17.6. The number of rotatable bonds is 5. The van der Waals surface area contributed by atoms with Crippen molar-refractivity contribution in [2.75, 3.05) is 18.4 Å². The van der Waals surface area contributed by atoms with E-state index in [0.29, 0.717) is 51.6 Å². The van der Waals surface area contributed by atoms with Crippen LogP contribution in [0.2, 0.25) is 5.02 Å². The molecule has 3 heterocycles. The van der Waals surface area contributed by atoms with Crippen molar-refractivity contribution in [1.29, 1.82) is 0 Å². The van der Waals surface area contributed by atoms with E-state index in [4.69, 9.17) is 16.1 Å². The second kappa shape index (κ2) is 8.70. The highest BCUT2D eigenvalue weighted by molar-refractivity contribution is 7.89. The number of aryl methyl sites for hydroxylation is 2. The summed E-state index contributed by atoms with van der Waals surface area (Å²) in [7, 11) is -3.77. The number of hydrogen-bond acceptors (Lipinski definition) is 7. The van der Waals surface area contributed by atoms with Gasteiger partial charge in [0.25, 0.3) is 0 Å². The number of nitrogens with zero attached hydrogens (tertiary/aromatic N) is 3. The molecule has 0 unspecified atom stereocenters. The van der Waals surface area contributed by atoms with Crippen LogP contribution < -0.4 is 5.32 Å². The summed E-state index contributed by atoms with van der Waals surface area (Å²) in [5.74, 6) is 0.0765. The second-order valence-corrected chi connectivity index (χ2v) is 10.9. The summed E-state index contributed by atoms with van der Waals surface area (Å²) >= 11 is 7.42. The molecule has 0 radical (unpaired) electrons. The average Bonchev–Trinajstić information content (AvgIpc) is 3.35. The third kappa shape index (κ3) is 4.52. The fourth-order valence-corrected chi connectivity index (χ4v) is 6.73. The minimum absolute atomic E-state index is 0.116. The van der Waals surface area contributed by atoms with Crippen molar-refractivity contribution in [2.24, 2.45) is 5.92 Å². The summed E-state index contributed by atoms with van der Waals surface area (Å²) in [6, 6.07) is 8.54. The summed E-state index contributed by atoms with van der Waals surface area (Å²) in [5, 5.41) is 7.12. The van der Waals surface area contributed by atoms with Crippen LogP contribution in [0.3, 0.4) is 0 Å². The molecule has 8 nitrogen and oxygen atoms in total. The van der Waals surface area contributed by atoms with E-state index in [-0.39, 0.29) is 17.3 Å². The Morgan fingerprint density at radius 3 is 2.81 bits per heavy atom. The molecule has 0 bridgehead atoms. The standard InChI is InChI=1S/C20H21ClN4O4S2/c1-12-18(10-17(30-12)19-22-13(2)29-24-19)31(27,28)25-9-5-6-14(11-25)20(26)23-16-8-4-3-7-15(16)21/h3-4,7-8,10,14H,5-6,9,11H2,1-2H3,(H,23,26)/t14-/m0/s1. The van der Waals surface area contributed by atoms with Crippen molar-refractivity contribution in [1.82, 2.24) is 14.4 Å². The van der Waals surface area contributed by atoms with Crippen LogP contribution in [-0.2, 0) is 14.8 Å². The molecule has 31 heavy (non-hydrogen) atoms. The van der Waals surface area contributed by atoms with Crippen LogP contribution in [-0.4, -0.2) is 41.9 Å². The zero-order valence-electron chi connectivity index (χ0n) is 17.0. The molecule has 164 valence electrons. The number of carbonyl (C=O) groups excluding carboxylic acids is 1. The average molecular weight is 481 g/mol. The quantitative estimate of drug-likeness (QED) is 0.589. The topological polar surface area (TPSA) is 105 Å². The van der Waals surface area contributed by atoms with Crippen LogP contribution in [0.4, 0.5) is 5.69 Å². The number of nitrogens with one attached hydrogen (secondary N) is 1. The van der Waals surface area contributed by atoms with Crippen molar-refractivity contribution >= 4 is 44.6 Å². The van der Waals surface area contributed by atoms with E-state index in [1.807, 2.05) is 0 Å². The van der Waals surface area contributed by atoms with Gasteiger partial charge in [-0.05, 0) is 38.0 Å². The van der Waals surface area contributed by atoms with Crippen molar-refractivity contribution in [3.8, 4) is 10.7 Å². The lowest BCUT2D eigenvalue weighted by molar-refractivity contribution is -0.120. The molecule has 1 aromatic carbocycles. The number of amides is 1. The van der Waals surface area contributed by atoms with E-state index in [0.717, 1.165) is 0 Å². The Morgan fingerprint density at radius 1 is 1.32 bits per heavy atom. The molecule has 2 aromatic heterocycles. The second-order valence-electron chi connectivity index (χ2n) is 7.34. The predicted molar refractivity (Wildman–Crippen MR) is 119 cm³/mol. The van der Waals surface area contributed by atoms with Gasteiger partial charge in [0.05, 0.1) is 26.4 Å². The van der Waals surface area contributed by atoms with E-state index in [9.17, 15) is 13.2 Å². The van der Waals surface area contributed by atoms with Gasteiger partial charge in [0, 0.05) is 24.9 Å². The van der Waals surface area contributed by atoms with Gasteiger partial charge in [0.15, 0.2) is 0 Å². The van der Waals surface area contributed by atoms with Gasteiger partial charge in [-0.15, -0.1) is 11.3 Å². The van der Waals surface area contributed by atoms with Crippen molar-refractivity contribution in [2.45, 2.75) is 31.6 Å². The van der Waals surface area contributed by atoms with Gasteiger partial charge in [-0.1, -0.05) is 28.9 Å². The molecular weight excluding hydrogens is 460 g/mol. The molecule has 1 fully saturated rings. The lowest BCUT2D eigenvalue weighted by Gasteiger charge is -2.31. The molecule has 11 heteroatoms. The van der Waals surface area contributed by atoms with Crippen LogP contribution in [0.15, 0.2) is 39.8 Å². The van der Waals surface area contributed by atoms with Gasteiger partial charge in [0.1, 0.15) is 0 Å². The molecule has 0 saturated carbocycles. The molecule has 1 saturated heterocycles. The van der Waals surface area contributed by atoms with Gasteiger partial charge in [0.2, 0.25) is 27.6 Å². The predicted octanol–water partition coefficient (Wildman–Crippen LogP) is 4.11. The summed E-state index contributed by atoms with van der Waals surface area (Å²) in [5.41, 5.74) is 0.517. The number of halogens is 1. The van der Waals surface area contributed by atoms with E-state index >= 15 is 0 Å². The lowest BCUT2D eigenvalue weighted by Crippen LogP contribution is -2.43. The van der Waals surface area contributed by atoms with E-state index in [1.54, 1.807) is 44.2 Å². The highest BCUT2D eigenvalue weighted by Gasteiger charge is 2.35. The zero-order chi connectivity index (χ0) is 22.2. The lowest BCUT2D eigenvalue weighted by atomic mass is 9.99. The minimum atomic E-state index is -3.77. The van der Waals surface area contributed by atoms with Crippen molar-refractivity contribution in [3.05, 3.63) is 46.1 Å². The molecule has 1 amide bonds. The number of anilines is 1. The zero-order valence-corrected chi connectivity index (χ0v) is 19.4. The van der Waals surface area contributed by atoms with Crippen LogP contribution in [0.25, 0.3) is 10.7 Å². The number of aromatic nitrogens is 2. The molecule has 1 aliphatic heterocycles. The SMILES string of the molecule is Cc1nc(-c2cc(S(=O)(=O)N3CCC[C@H](C(=O)Nc4ccccc4Cl)C3)c(C)s2)no1. The van der Waals surface area contributed by atoms with Gasteiger partial charge in [-0.25, -0.2) is 8.42 Å². The third-order valence-electron chi connectivity index (χ3n) is 5.12. The molecule has 4 rings (SSSR count). The third-order valence-corrected chi connectivity index (χ3v) is 8.62. The summed E-state index contributed by atoms with van der Waals surface area (Å²) < 4.78 is 33.1. The molecule has 0 aliphatic carbocycles. The molecule has 1 atom stereocenters. The Morgan fingerprint density at radius 2 is 2.10 bits per heavy atom. The fourth-order valence-electron chi connectivity index (χ4n) is 3.54. The molecule has 3 aromatic rings. The van der Waals surface area contributed by atoms with Crippen LogP contribution in [0.1, 0.15) is 23.6 Å². The first-order chi connectivity index (χ1) is 14.8. The Labute approximate surface area is 189 Å². The maximum atomic E-state index is 13.4. The van der Waals surface area contributed by atoms with Crippen LogP contribution in [0.5, 0.6) is 0 Å². The Bertz CT molecular complexity index is 1220. The van der Waals surface area contributed by atoms with Gasteiger partial charge >= 0.3 is 0 Å². The minimum Gasteiger partial charge on any atom is -0.339 e. The summed E-state index contributed by atoms with van der Waals surface area (Å²) in [6.45, 7) is 3.91. The smallest absolute Gasteiger partial charge is 0.244 e. The number of hydrogen-bond donors (Lipinski definition) is 1. The maximum absolute atomic E-state index is 13.4. The van der Waals surface area contributed by atoms with Gasteiger partial charge in [-0.3, -0.25) is 4.79 Å². The Balaban J connectivity index is 1.53. The number of sulfonamides is 1. The number of carbonyl (C=O) groups is 1. The van der Waals surface area contributed by atoms with Crippen LogP contribution in [0, 0.1) is 19.8 Å². The fraction of sp³-hybridized carbons (Fsp3) is 0.350. The van der Waals surface area contributed by atoms with Crippen LogP contribution >= 0.6 is 22.9 Å². The first kappa shape index (κ1) is 21.9. The Hall–Kier alpha value is -2.27. The number of benzene rings is 1. The van der Waals surface area contributed by atoms with Gasteiger partial charge < -0.3 is 9.84 Å². The molecule has 1 aliphatic rings. The van der Waals surface area contributed by atoms with Crippen molar-refractivity contribution < 1.29 is 17.7 Å². The highest BCUT2D eigenvalue weighted by atomic mass is 35.5. The Kier molecular flexibility index (Phi) is 6.16. The first-order valence-electron chi connectivity index (χ1n) is 9.72. The van der Waals surface area contributed by atoms with Gasteiger partial charge in [-0.2, -0.15) is 9.29 Å². The monoisotopic (exact) mass is 480 g/mol. The van der Waals surface area contributed by atoms with E-state index in [2.05, 4.69) is 15.5 Å². The first-order valence-corrected chi connectivity index (χ1v) is 12.4. The molecule has 1 N–H and O–H groups in total. The number of thiophene rings is 1. The highest BCUT2D eigenvalue weighted by Crippen LogP contribution is 2.35. The molecule has 0 spiro atoms.